The van der Waals surface area contributed by atoms with Gasteiger partial charge >= 0.3 is 0 Å². The maximum absolute atomic E-state index is 13.5. The minimum absolute atomic E-state index is 0.190. The van der Waals surface area contributed by atoms with Crippen LogP contribution in [0, 0.1) is 0 Å². The molecule has 3 aromatic carbocycles. The molecule has 222 valence electrons. The number of methoxy groups -OCH3 is 5. The number of amides is 2. The van der Waals surface area contributed by atoms with Gasteiger partial charge < -0.3 is 39.6 Å². The quantitative estimate of drug-likeness (QED) is 0.328. The molecule has 0 spiro atoms. The van der Waals surface area contributed by atoms with Crippen molar-refractivity contribution in [2.45, 2.75) is 25.8 Å². The number of carbonyl (C=O) groups is 2. The Hall–Kier alpha value is -4.93. The normalized spacial score (nSPS) is 13.4. The summed E-state index contributed by atoms with van der Waals surface area (Å²) in [5.74, 6) is 1.78. The number of fused-ring (bicyclic) bond motifs is 3. The monoisotopic (exact) mass is 577 g/mol. The Labute approximate surface area is 244 Å². The van der Waals surface area contributed by atoms with E-state index in [4.69, 9.17) is 23.7 Å². The van der Waals surface area contributed by atoms with Crippen LogP contribution in [0.25, 0.3) is 11.1 Å². The first kappa shape index (κ1) is 30.0. The van der Waals surface area contributed by atoms with E-state index >= 15 is 0 Å². The summed E-state index contributed by atoms with van der Waals surface area (Å²) in [5.41, 5.74) is 3.26. The Morgan fingerprint density at radius 1 is 0.833 bits per heavy atom. The summed E-state index contributed by atoms with van der Waals surface area (Å²) in [5, 5.41) is 8.70. The largest absolute Gasteiger partial charge is 0.497 e. The van der Waals surface area contributed by atoms with E-state index in [-0.39, 0.29) is 23.6 Å². The minimum Gasteiger partial charge on any atom is -0.497 e. The van der Waals surface area contributed by atoms with Gasteiger partial charge in [-0.3, -0.25) is 14.4 Å². The van der Waals surface area contributed by atoms with Crippen LogP contribution in [-0.4, -0.2) is 53.9 Å². The summed E-state index contributed by atoms with van der Waals surface area (Å²) < 4.78 is 27.6. The molecule has 0 heterocycles. The third-order valence-electron chi connectivity index (χ3n) is 7.04. The lowest BCUT2D eigenvalue weighted by Crippen LogP contribution is -2.27. The summed E-state index contributed by atoms with van der Waals surface area (Å²) in [4.78, 5) is 38.4. The maximum Gasteiger partial charge on any atom is 0.243 e. The van der Waals surface area contributed by atoms with Crippen molar-refractivity contribution in [3.63, 3.8) is 0 Å². The number of benzene rings is 2. The van der Waals surface area contributed by atoms with Crippen molar-refractivity contribution in [3.05, 3.63) is 63.8 Å². The van der Waals surface area contributed by atoms with Gasteiger partial charge in [0.15, 0.2) is 11.5 Å². The number of nitrogens with one attached hydrogen (secondary N) is 3. The smallest absolute Gasteiger partial charge is 0.243 e. The van der Waals surface area contributed by atoms with E-state index in [1.807, 2.05) is 6.07 Å². The van der Waals surface area contributed by atoms with Gasteiger partial charge in [-0.05, 0) is 59.9 Å². The van der Waals surface area contributed by atoms with Gasteiger partial charge in [0.1, 0.15) is 11.5 Å². The molecule has 42 heavy (non-hydrogen) atoms. The topological polar surface area (TPSA) is 133 Å². The highest BCUT2D eigenvalue weighted by molar-refractivity contribution is 5.95. The van der Waals surface area contributed by atoms with Gasteiger partial charge in [0.25, 0.3) is 0 Å². The van der Waals surface area contributed by atoms with Crippen LogP contribution in [0.5, 0.6) is 28.7 Å². The number of anilines is 2. The maximum atomic E-state index is 13.5. The fourth-order valence-corrected chi connectivity index (χ4v) is 5.14. The molecule has 0 radical (unpaired) electrons. The Bertz CT molecular complexity index is 1560. The van der Waals surface area contributed by atoms with Crippen molar-refractivity contribution >= 4 is 23.2 Å². The van der Waals surface area contributed by atoms with Crippen LogP contribution in [0.3, 0.4) is 0 Å². The SMILES string of the molecule is COc1ccc(OC)c(NC(=O)CNc2ccc3c(cc2=O)[C@H](NC(C)=O)CCc2cc(OC)c(OC)c(OC)c2-3)c1. The molecule has 0 bridgehead atoms. The molecule has 0 saturated carbocycles. The van der Waals surface area contributed by atoms with E-state index in [0.29, 0.717) is 58.4 Å². The van der Waals surface area contributed by atoms with Gasteiger partial charge in [-0.15, -0.1) is 0 Å². The standard InChI is InChI=1S/C31H35N3O8/c1-17(35)33-22-10-7-18-13-27(40-4)30(41-5)31(42-6)29(18)20-9-11-23(25(36)15-21(20)22)32-16-28(37)34-24-14-19(38-2)8-12-26(24)39-3/h8-9,11-15,22H,7,10,16H2,1-6H3,(H,32,36)(H,33,35)(H,34,37)/t22-/m1/s1. The second-order valence-electron chi connectivity index (χ2n) is 9.56. The zero-order valence-corrected chi connectivity index (χ0v) is 24.5. The lowest BCUT2D eigenvalue weighted by atomic mass is 9.95. The predicted octanol–water partition coefficient (Wildman–Crippen LogP) is 3.93. The fraction of sp³-hybridized carbons (Fsp3) is 0.323. The zero-order chi connectivity index (χ0) is 30.4. The predicted molar refractivity (Wildman–Crippen MR) is 159 cm³/mol. The Morgan fingerprint density at radius 2 is 1.57 bits per heavy atom. The van der Waals surface area contributed by atoms with Crippen molar-refractivity contribution in [1.29, 1.82) is 0 Å². The molecule has 4 rings (SSSR count). The molecule has 3 aromatic rings. The van der Waals surface area contributed by atoms with Gasteiger partial charge in [-0.25, -0.2) is 0 Å². The molecule has 1 aliphatic carbocycles. The van der Waals surface area contributed by atoms with Gasteiger partial charge in [-0.1, -0.05) is 6.07 Å². The molecule has 11 nitrogen and oxygen atoms in total. The molecule has 1 atom stereocenters. The highest BCUT2D eigenvalue weighted by atomic mass is 16.5. The van der Waals surface area contributed by atoms with E-state index in [2.05, 4.69) is 16.0 Å². The number of hydrogen-bond donors (Lipinski definition) is 3. The molecule has 0 fully saturated rings. The highest BCUT2D eigenvalue weighted by Gasteiger charge is 2.29. The highest BCUT2D eigenvalue weighted by Crippen LogP contribution is 2.50. The van der Waals surface area contributed by atoms with Crippen LogP contribution in [0.1, 0.15) is 30.5 Å². The van der Waals surface area contributed by atoms with Crippen LogP contribution in [0.2, 0.25) is 0 Å². The fourth-order valence-electron chi connectivity index (χ4n) is 5.14. The van der Waals surface area contributed by atoms with E-state index in [1.165, 1.54) is 34.3 Å². The summed E-state index contributed by atoms with van der Waals surface area (Å²) in [6.07, 6.45) is 1.12. The number of aryl methyl sites for hydroxylation is 1. The third kappa shape index (κ3) is 6.19. The summed E-state index contributed by atoms with van der Waals surface area (Å²) in [6, 6.07) is 11.4. The van der Waals surface area contributed by atoms with E-state index in [1.54, 1.807) is 44.6 Å². The minimum atomic E-state index is -0.441. The van der Waals surface area contributed by atoms with Crippen LogP contribution in [0.15, 0.2) is 47.3 Å². The van der Waals surface area contributed by atoms with Gasteiger partial charge in [0.2, 0.25) is 23.0 Å². The Kier molecular flexibility index (Phi) is 9.41. The first-order chi connectivity index (χ1) is 20.2. The average Bonchev–Trinajstić information content (AvgIpc) is 3.23. The average molecular weight is 578 g/mol. The number of hydrogen-bond acceptors (Lipinski definition) is 9. The third-order valence-corrected chi connectivity index (χ3v) is 7.04. The van der Waals surface area contributed by atoms with Gasteiger partial charge in [0, 0.05) is 18.6 Å². The molecule has 2 amide bonds. The first-order valence-electron chi connectivity index (χ1n) is 13.3. The number of ether oxygens (including phenoxy) is 5. The molecule has 1 aliphatic rings. The van der Waals surface area contributed by atoms with Crippen molar-refractivity contribution < 1.29 is 33.3 Å². The lowest BCUT2D eigenvalue weighted by Gasteiger charge is -2.19. The molecule has 0 saturated heterocycles. The van der Waals surface area contributed by atoms with Crippen molar-refractivity contribution in [3.8, 4) is 39.9 Å². The number of rotatable bonds is 10. The Balaban J connectivity index is 1.74. The van der Waals surface area contributed by atoms with Crippen LogP contribution in [0.4, 0.5) is 11.4 Å². The number of carbonyl (C=O) groups excluding carboxylic acids is 2. The Morgan fingerprint density at radius 3 is 2.21 bits per heavy atom. The van der Waals surface area contributed by atoms with Crippen LogP contribution in [-0.2, 0) is 16.0 Å². The molecule has 0 aromatic heterocycles. The molecular formula is C31H35N3O8. The van der Waals surface area contributed by atoms with Crippen molar-refractivity contribution in [1.82, 2.24) is 5.32 Å². The molecule has 11 heteroatoms. The van der Waals surface area contributed by atoms with Gasteiger partial charge in [0.05, 0.1) is 59.5 Å². The first-order valence-corrected chi connectivity index (χ1v) is 13.3. The second-order valence-corrected chi connectivity index (χ2v) is 9.56. The van der Waals surface area contributed by atoms with Crippen LogP contribution < -0.4 is 45.1 Å². The molecule has 0 aliphatic heterocycles. The summed E-state index contributed by atoms with van der Waals surface area (Å²) >= 11 is 0. The molecular weight excluding hydrogens is 542 g/mol. The molecule has 0 unspecified atom stereocenters. The van der Waals surface area contributed by atoms with Crippen LogP contribution >= 0.6 is 0 Å². The second kappa shape index (κ2) is 13.2. The molecule has 3 N–H and O–H groups in total. The summed E-state index contributed by atoms with van der Waals surface area (Å²) in [7, 11) is 7.65. The van der Waals surface area contributed by atoms with Gasteiger partial charge in [-0.2, -0.15) is 0 Å². The van der Waals surface area contributed by atoms with E-state index in [0.717, 1.165) is 11.1 Å². The zero-order valence-electron chi connectivity index (χ0n) is 24.5. The lowest BCUT2D eigenvalue weighted by molar-refractivity contribution is -0.119. The van der Waals surface area contributed by atoms with E-state index < -0.39 is 11.9 Å². The van der Waals surface area contributed by atoms with Crippen molar-refractivity contribution in [2.75, 3.05) is 52.7 Å². The van der Waals surface area contributed by atoms with Crippen molar-refractivity contribution in [2.24, 2.45) is 0 Å². The summed E-state index contributed by atoms with van der Waals surface area (Å²) in [6.45, 7) is 1.25. The van der Waals surface area contributed by atoms with E-state index in [9.17, 15) is 14.4 Å².